The van der Waals surface area contributed by atoms with Crippen LogP contribution in [-0.2, 0) is 2.96 Å². The molecule has 0 bridgehead atoms. The van der Waals surface area contributed by atoms with Gasteiger partial charge in [0, 0.05) is 0 Å². The third-order valence-corrected chi connectivity index (χ3v) is 3.81. The molecule has 2 rings (SSSR count). The van der Waals surface area contributed by atoms with E-state index in [4.69, 9.17) is 7.85 Å². The zero-order valence-electron chi connectivity index (χ0n) is 5.53. The van der Waals surface area contributed by atoms with E-state index in [9.17, 15) is 4.79 Å². The molecule has 0 spiro atoms. The Bertz CT molecular complexity index is 297. The number of hydrogen-bond acceptors (Lipinski definition) is 3. The molecule has 4 heteroatoms. The zero-order valence-corrected chi connectivity index (χ0v) is 9.42. The first-order chi connectivity index (χ1) is 5.38. The molecule has 1 heterocycles. The topological polar surface area (TPSA) is 35.5 Å². The van der Waals surface area contributed by atoms with Crippen molar-refractivity contribution in [1.29, 1.82) is 0 Å². The van der Waals surface area contributed by atoms with Crippen LogP contribution in [0.2, 0.25) is 0 Å². The summed E-state index contributed by atoms with van der Waals surface area (Å²) in [7, 11) is 0. The van der Waals surface area contributed by atoms with Gasteiger partial charge in [0.05, 0.1) is 0 Å². The molecule has 11 heavy (non-hydrogen) atoms. The SMILES string of the molecule is O=[C]1[BiH][O]Oc2ccccc21. The molecule has 3 nitrogen and oxygen atoms in total. The second kappa shape index (κ2) is 2.88. The summed E-state index contributed by atoms with van der Waals surface area (Å²) in [5.74, 6) is 0.552. The monoisotopic (exact) mass is 346 g/mol. The first kappa shape index (κ1) is 7.20. The molecule has 1 aliphatic heterocycles. The van der Waals surface area contributed by atoms with Gasteiger partial charge in [-0.05, 0) is 0 Å². The van der Waals surface area contributed by atoms with Crippen LogP contribution in [0.4, 0.5) is 0 Å². The van der Waals surface area contributed by atoms with Crippen LogP contribution in [0.15, 0.2) is 24.3 Å². The van der Waals surface area contributed by atoms with E-state index in [-0.39, 0.29) is 3.49 Å². The predicted molar refractivity (Wildman–Crippen MR) is 39.6 cm³/mol. The van der Waals surface area contributed by atoms with Crippen LogP contribution in [0.25, 0.3) is 0 Å². The molecule has 0 saturated carbocycles. The van der Waals surface area contributed by atoms with Crippen molar-refractivity contribution < 1.29 is 12.6 Å². The van der Waals surface area contributed by atoms with E-state index in [1.165, 1.54) is 0 Å². The van der Waals surface area contributed by atoms with Crippen LogP contribution in [0.5, 0.6) is 5.75 Å². The molecule has 1 aliphatic rings. The number of fused-ring (bicyclic) bond motifs is 1. The maximum absolute atomic E-state index is 11.2. The van der Waals surface area contributed by atoms with Gasteiger partial charge < -0.3 is 0 Å². The van der Waals surface area contributed by atoms with Gasteiger partial charge in [-0.3, -0.25) is 0 Å². The normalized spacial score (nSPS) is 15.5. The average Bonchev–Trinajstić information content (AvgIpc) is 2.06. The Morgan fingerprint density at radius 1 is 1.27 bits per heavy atom. The fourth-order valence-corrected chi connectivity index (χ4v) is 2.92. The van der Waals surface area contributed by atoms with Crippen LogP contribution in [0.1, 0.15) is 10.4 Å². The molecule has 0 radical (unpaired) electrons. The van der Waals surface area contributed by atoms with Crippen molar-refractivity contribution in [1.82, 2.24) is 0 Å². The minimum atomic E-state index is -1.60. The van der Waals surface area contributed by atoms with Gasteiger partial charge in [0.1, 0.15) is 0 Å². The molecule has 1 aromatic carbocycles. The summed E-state index contributed by atoms with van der Waals surface area (Å²) in [6, 6.07) is 7.15. The van der Waals surface area contributed by atoms with Crippen LogP contribution < -0.4 is 4.89 Å². The molecule has 0 N–H and O–H groups in total. The molecule has 0 amide bonds. The van der Waals surface area contributed by atoms with Crippen LogP contribution in [-0.4, -0.2) is 27.2 Å². The summed E-state index contributed by atoms with van der Waals surface area (Å²) in [5.41, 5.74) is 0.682. The number of carbonyl (C=O) groups is 1. The van der Waals surface area contributed by atoms with Crippen molar-refractivity contribution in [2.45, 2.75) is 0 Å². The van der Waals surface area contributed by atoms with Gasteiger partial charge in [-0.2, -0.15) is 0 Å². The number of benzene rings is 1. The zero-order chi connectivity index (χ0) is 7.68. The summed E-state index contributed by atoms with van der Waals surface area (Å²) in [6.45, 7) is 0. The van der Waals surface area contributed by atoms with E-state index in [1.54, 1.807) is 12.1 Å². The number of rotatable bonds is 0. The summed E-state index contributed by atoms with van der Waals surface area (Å²) in [4.78, 5) is 16.0. The van der Waals surface area contributed by atoms with Crippen molar-refractivity contribution in [3.63, 3.8) is 0 Å². The quantitative estimate of drug-likeness (QED) is 0.507. The van der Waals surface area contributed by atoms with E-state index in [0.29, 0.717) is 11.3 Å². The van der Waals surface area contributed by atoms with E-state index in [1.807, 2.05) is 12.1 Å². The van der Waals surface area contributed by atoms with Crippen LogP contribution >= 0.6 is 0 Å². The van der Waals surface area contributed by atoms with Crippen molar-refractivity contribution in [3.05, 3.63) is 29.8 Å². The van der Waals surface area contributed by atoms with E-state index in [2.05, 4.69) is 0 Å². The molecule has 0 aromatic heterocycles. The second-order valence-corrected chi connectivity index (χ2v) is 5.30. The van der Waals surface area contributed by atoms with Crippen LogP contribution in [0.3, 0.4) is 0 Å². The number of para-hydroxylation sites is 1. The summed E-state index contributed by atoms with van der Waals surface area (Å²) in [6.07, 6.45) is 0. The summed E-state index contributed by atoms with van der Waals surface area (Å²) in [5, 5.41) is 0. The Labute approximate surface area is 75.4 Å². The third kappa shape index (κ3) is 1.28. The molecule has 56 valence electrons. The van der Waals surface area contributed by atoms with E-state index >= 15 is 0 Å². The molecule has 0 fully saturated rings. The minimum absolute atomic E-state index is 0.159. The van der Waals surface area contributed by atoms with Gasteiger partial charge in [-0.25, -0.2) is 0 Å². The summed E-state index contributed by atoms with van der Waals surface area (Å²) < 4.78 is 4.91. The van der Waals surface area contributed by atoms with Gasteiger partial charge >= 0.3 is 75.4 Å². The van der Waals surface area contributed by atoms with Crippen LogP contribution in [0, 0.1) is 0 Å². The maximum atomic E-state index is 11.2. The Hall–Kier alpha value is -0.467. The Balaban J connectivity index is 2.52. The molecule has 0 saturated heterocycles. The molecule has 0 aliphatic carbocycles. The Morgan fingerprint density at radius 2 is 2.09 bits per heavy atom. The van der Waals surface area contributed by atoms with Gasteiger partial charge in [0.25, 0.3) is 0 Å². The van der Waals surface area contributed by atoms with Gasteiger partial charge in [-0.1, -0.05) is 0 Å². The molecular formula is C7H5BiO3. The molecule has 0 atom stereocenters. The summed E-state index contributed by atoms with van der Waals surface area (Å²) >= 11 is -1.60. The van der Waals surface area contributed by atoms with Crippen molar-refractivity contribution in [3.8, 4) is 5.75 Å². The molecule has 0 unspecified atom stereocenters. The Kier molecular flexibility index (Phi) is 1.88. The van der Waals surface area contributed by atoms with Gasteiger partial charge in [-0.15, -0.1) is 0 Å². The molecular weight excluding hydrogens is 341 g/mol. The average molecular weight is 346 g/mol. The van der Waals surface area contributed by atoms with E-state index < -0.39 is 23.7 Å². The number of hydrogen-bond donors (Lipinski definition) is 0. The third-order valence-electron chi connectivity index (χ3n) is 1.40. The van der Waals surface area contributed by atoms with Crippen molar-refractivity contribution >= 4 is 27.2 Å². The fourth-order valence-electron chi connectivity index (χ4n) is 0.885. The first-order valence-corrected chi connectivity index (χ1v) is 6.64. The van der Waals surface area contributed by atoms with E-state index in [0.717, 1.165) is 0 Å². The number of carbonyl (C=O) groups excluding carboxylic acids is 1. The van der Waals surface area contributed by atoms with Crippen molar-refractivity contribution in [2.75, 3.05) is 0 Å². The Morgan fingerprint density at radius 3 is 2.91 bits per heavy atom. The molecule has 1 aromatic rings. The van der Waals surface area contributed by atoms with Gasteiger partial charge in [0.2, 0.25) is 0 Å². The van der Waals surface area contributed by atoms with Gasteiger partial charge in [0.15, 0.2) is 0 Å². The van der Waals surface area contributed by atoms with Crippen molar-refractivity contribution in [2.24, 2.45) is 0 Å². The standard InChI is InChI=1S/C7H5O3.Bi.H/c8-5-6-3-1-2-4-7(6)10-9;;/h1-4,9H;;/q;+1;/p-1. The fraction of sp³-hybridized carbons (Fsp3) is 0. The first-order valence-electron chi connectivity index (χ1n) is 3.11. The second-order valence-electron chi connectivity index (χ2n) is 2.09. The predicted octanol–water partition coefficient (Wildman–Crippen LogP) is 0.502.